The Bertz CT molecular complexity index is 732. The van der Waals surface area contributed by atoms with Crippen LogP contribution in [0.5, 0.6) is 0 Å². The molecule has 2 amide bonds. The number of pyridine rings is 1. The fourth-order valence-electron chi connectivity index (χ4n) is 3.86. The Morgan fingerprint density at radius 2 is 1.93 bits per heavy atom. The normalized spacial score (nSPS) is 24.0. The Kier molecular flexibility index (Phi) is 6.68. The van der Waals surface area contributed by atoms with Gasteiger partial charge in [0.25, 0.3) is 11.9 Å². The molecule has 1 atom stereocenters. The number of aromatic nitrogens is 1. The van der Waals surface area contributed by atoms with Crippen LogP contribution >= 0.6 is 0 Å². The first kappa shape index (κ1) is 21.0. The smallest absolute Gasteiger partial charge is 0.300 e. The topological polar surface area (TPSA) is 112 Å². The van der Waals surface area contributed by atoms with Crippen LogP contribution in [0.4, 0.5) is 5.82 Å². The van der Waals surface area contributed by atoms with Crippen LogP contribution in [0.1, 0.15) is 43.0 Å². The molecule has 1 aromatic rings. The molecule has 3 aliphatic rings. The highest BCUT2D eigenvalue weighted by atomic mass is 16.5. The Morgan fingerprint density at radius 1 is 1.21 bits per heavy atom. The second-order valence-electron chi connectivity index (χ2n) is 7.70. The van der Waals surface area contributed by atoms with Gasteiger partial charge in [-0.25, -0.2) is 4.98 Å². The van der Waals surface area contributed by atoms with Crippen LogP contribution in [0.3, 0.4) is 0 Å². The van der Waals surface area contributed by atoms with E-state index < -0.39 is 5.97 Å². The van der Waals surface area contributed by atoms with Gasteiger partial charge < -0.3 is 25.0 Å². The molecule has 1 aromatic heterocycles. The van der Waals surface area contributed by atoms with Gasteiger partial charge in [0, 0.05) is 39.3 Å². The maximum atomic E-state index is 12.5. The van der Waals surface area contributed by atoms with E-state index in [-0.39, 0.29) is 24.0 Å². The maximum absolute atomic E-state index is 12.5. The second kappa shape index (κ2) is 9.21. The minimum atomic E-state index is -0.833. The van der Waals surface area contributed by atoms with Crippen LogP contribution in [0.25, 0.3) is 0 Å². The molecule has 0 aromatic carbocycles. The van der Waals surface area contributed by atoms with Gasteiger partial charge in [-0.15, -0.1) is 0 Å². The quantitative estimate of drug-likeness (QED) is 0.753. The number of ether oxygens (including phenoxy) is 1. The third-order valence-corrected chi connectivity index (χ3v) is 5.40. The van der Waals surface area contributed by atoms with Gasteiger partial charge in [-0.05, 0) is 37.8 Å². The van der Waals surface area contributed by atoms with Crippen LogP contribution in [0.15, 0.2) is 18.3 Å². The highest BCUT2D eigenvalue weighted by Crippen LogP contribution is 2.29. The zero-order valence-corrected chi connectivity index (χ0v) is 16.7. The summed E-state index contributed by atoms with van der Waals surface area (Å²) in [6, 6.07) is 3.78. The number of nitrogens with one attached hydrogen (secondary N) is 1. The molecule has 3 saturated heterocycles. The van der Waals surface area contributed by atoms with Gasteiger partial charge in [0.15, 0.2) is 0 Å². The Hall–Kier alpha value is -2.68. The van der Waals surface area contributed by atoms with E-state index in [9.17, 15) is 9.59 Å². The van der Waals surface area contributed by atoms with Gasteiger partial charge in [-0.3, -0.25) is 14.4 Å². The third kappa shape index (κ3) is 5.44. The molecular formula is C20H28N4O5. The first-order chi connectivity index (χ1) is 13.9. The van der Waals surface area contributed by atoms with Crippen molar-refractivity contribution in [3.05, 3.63) is 23.9 Å². The minimum Gasteiger partial charge on any atom is -0.481 e. The Labute approximate surface area is 170 Å². The maximum Gasteiger partial charge on any atom is 0.300 e. The molecule has 9 nitrogen and oxygen atoms in total. The van der Waals surface area contributed by atoms with E-state index in [0.29, 0.717) is 18.7 Å². The number of likely N-dealkylation sites (tertiary alicyclic amines) is 1. The summed E-state index contributed by atoms with van der Waals surface area (Å²) >= 11 is 0. The molecule has 0 bridgehead atoms. The summed E-state index contributed by atoms with van der Waals surface area (Å²) in [6.07, 6.45) is 5.93. The number of amides is 2. The van der Waals surface area contributed by atoms with Crippen molar-refractivity contribution in [2.24, 2.45) is 0 Å². The summed E-state index contributed by atoms with van der Waals surface area (Å²) in [4.78, 5) is 41.4. The number of carboxylic acids is 1. The lowest BCUT2D eigenvalue weighted by atomic mass is 10.0. The summed E-state index contributed by atoms with van der Waals surface area (Å²) < 4.78 is 5.79. The van der Waals surface area contributed by atoms with Crippen molar-refractivity contribution in [2.45, 2.75) is 38.2 Å². The molecule has 29 heavy (non-hydrogen) atoms. The van der Waals surface area contributed by atoms with Gasteiger partial charge in [-0.1, -0.05) is 0 Å². The average molecular weight is 404 g/mol. The molecule has 0 aliphatic carbocycles. The van der Waals surface area contributed by atoms with Crippen molar-refractivity contribution in [2.75, 3.05) is 44.2 Å². The lowest BCUT2D eigenvalue weighted by molar-refractivity contribution is -0.141. The average Bonchev–Trinajstić information content (AvgIpc) is 3.14. The number of hydrogen-bond donors (Lipinski definition) is 2. The van der Waals surface area contributed by atoms with Crippen molar-refractivity contribution in [1.82, 2.24) is 15.2 Å². The van der Waals surface area contributed by atoms with E-state index >= 15 is 0 Å². The van der Waals surface area contributed by atoms with Gasteiger partial charge >= 0.3 is 0 Å². The predicted octanol–water partition coefficient (Wildman–Crippen LogP) is 0.894. The van der Waals surface area contributed by atoms with E-state index in [1.165, 1.54) is 6.42 Å². The lowest BCUT2D eigenvalue weighted by Gasteiger charge is -2.33. The molecule has 158 valence electrons. The van der Waals surface area contributed by atoms with Crippen LogP contribution in [-0.2, 0) is 14.3 Å². The molecule has 1 spiro atoms. The summed E-state index contributed by atoms with van der Waals surface area (Å²) in [7, 11) is 0. The van der Waals surface area contributed by atoms with E-state index in [0.717, 1.165) is 51.6 Å². The summed E-state index contributed by atoms with van der Waals surface area (Å²) in [5.74, 6) is 0.0466. The largest absolute Gasteiger partial charge is 0.481 e. The molecule has 4 rings (SSSR count). The first-order valence-corrected chi connectivity index (χ1v) is 9.99. The number of nitrogens with zero attached hydrogens (tertiary/aromatic N) is 3. The van der Waals surface area contributed by atoms with Crippen LogP contribution < -0.4 is 10.2 Å². The molecule has 0 saturated carbocycles. The minimum absolute atomic E-state index is 0.0530. The Morgan fingerprint density at radius 3 is 2.52 bits per heavy atom. The van der Waals surface area contributed by atoms with Crippen molar-refractivity contribution in [1.29, 1.82) is 0 Å². The van der Waals surface area contributed by atoms with Gasteiger partial charge in [0.2, 0.25) is 5.91 Å². The highest BCUT2D eigenvalue weighted by molar-refractivity contribution is 5.94. The van der Waals surface area contributed by atoms with Crippen LogP contribution in [0.2, 0.25) is 0 Å². The van der Waals surface area contributed by atoms with E-state index in [1.54, 1.807) is 6.20 Å². The number of carbonyl (C=O) groups excluding carboxylic acids is 2. The van der Waals surface area contributed by atoms with Crippen molar-refractivity contribution >= 4 is 23.6 Å². The van der Waals surface area contributed by atoms with Crippen molar-refractivity contribution in [3.63, 3.8) is 0 Å². The zero-order valence-electron chi connectivity index (χ0n) is 16.7. The molecular weight excluding hydrogens is 376 g/mol. The second-order valence-corrected chi connectivity index (χ2v) is 7.70. The summed E-state index contributed by atoms with van der Waals surface area (Å²) in [6.45, 7) is 5.00. The fraction of sp³-hybridized carbons (Fsp3) is 0.600. The van der Waals surface area contributed by atoms with Gasteiger partial charge in [-0.2, -0.15) is 0 Å². The van der Waals surface area contributed by atoms with E-state index in [1.807, 2.05) is 17.0 Å². The van der Waals surface area contributed by atoms with Crippen LogP contribution in [0, 0.1) is 0 Å². The third-order valence-electron chi connectivity index (χ3n) is 5.40. The molecule has 3 fully saturated rings. The number of hydrogen-bond acceptors (Lipinski definition) is 6. The number of carboxylic acid groups (broad SMARTS) is 1. The first-order valence-electron chi connectivity index (χ1n) is 9.99. The number of piperidine rings is 1. The molecule has 2 N–H and O–H groups in total. The molecule has 3 aliphatic heterocycles. The lowest BCUT2D eigenvalue weighted by Crippen LogP contribution is -2.53. The van der Waals surface area contributed by atoms with Crippen LogP contribution in [-0.4, -0.2) is 77.7 Å². The molecule has 0 radical (unpaired) electrons. The summed E-state index contributed by atoms with van der Waals surface area (Å²) in [5, 5.41) is 10.3. The fourth-order valence-corrected chi connectivity index (χ4v) is 3.86. The van der Waals surface area contributed by atoms with Crippen molar-refractivity contribution < 1.29 is 24.2 Å². The number of anilines is 1. The Balaban J connectivity index is 0.000000552. The molecule has 4 heterocycles. The predicted molar refractivity (Wildman–Crippen MR) is 106 cm³/mol. The number of carbonyl (C=O) groups is 3. The van der Waals surface area contributed by atoms with Gasteiger partial charge in [0.1, 0.15) is 18.0 Å². The van der Waals surface area contributed by atoms with Crippen molar-refractivity contribution in [3.8, 4) is 0 Å². The van der Waals surface area contributed by atoms with E-state index in [4.69, 9.17) is 14.6 Å². The number of aliphatic carboxylic acids is 1. The molecule has 1 unspecified atom stereocenters. The SMILES string of the molecule is CC(=O)O.O=C1COC2(CCN(c3ccc(C(=O)N4CCCCC4)cn3)C2)CN1. The highest BCUT2D eigenvalue weighted by Gasteiger charge is 2.42. The number of morpholine rings is 1. The van der Waals surface area contributed by atoms with E-state index in [2.05, 4.69) is 15.2 Å². The number of rotatable bonds is 2. The molecule has 9 heteroatoms. The van der Waals surface area contributed by atoms with Gasteiger partial charge in [0.05, 0.1) is 12.1 Å². The summed E-state index contributed by atoms with van der Waals surface area (Å²) in [5.41, 5.74) is 0.346. The monoisotopic (exact) mass is 404 g/mol. The zero-order chi connectivity index (χ0) is 20.9. The standard InChI is InChI=1S/C18H24N4O3.C2H4O2/c23-16-11-25-18(12-20-16)6-9-22(13-18)15-5-4-14(10-19-15)17(24)21-7-2-1-3-8-21;1-2(3)4/h4-5,10H,1-3,6-9,11-13H2,(H,20,23);1H3,(H,3,4).